The van der Waals surface area contributed by atoms with E-state index in [9.17, 15) is 4.79 Å². The van der Waals surface area contributed by atoms with Gasteiger partial charge in [0.05, 0.1) is 12.6 Å². The van der Waals surface area contributed by atoms with E-state index in [1.807, 2.05) is 13.8 Å². The van der Waals surface area contributed by atoms with Crippen LogP contribution < -0.4 is 5.32 Å². The second-order valence-electron chi connectivity index (χ2n) is 3.81. The lowest BCUT2D eigenvalue weighted by molar-refractivity contribution is -0.146. The molecular weight excluding hydrogens is 206 g/mol. The lowest BCUT2D eigenvalue weighted by Crippen LogP contribution is -2.26. The van der Waals surface area contributed by atoms with E-state index in [0.29, 0.717) is 6.54 Å². The Balaban J connectivity index is 2.25. The number of carbonyl (C=O) groups is 1. The molecule has 4 nitrogen and oxygen atoms in total. The van der Waals surface area contributed by atoms with E-state index in [1.54, 1.807) is 24.3 Å². The van der Waals surface area contributed by atoms with E-state index in [4.69, 9.17) is 9.84 Å². The van der Waals surface area contributed by atoms with Crippen molar-refractivity contribution >= 4 is 5.97 Å². The van der Waals surface area contributed by atoms with E-state index in [2.05, 4.69) is 5.32 Å². The standard InChI is InChI=1S/C12H17NO3/c1-9(2)16-12(15)8-13-7-10-3-5-11(14)6-4-10/h3-6,9,13-14H,7-8H2,1-2H3. The zero-order valence-corrected chi connectivity index (χ0v) is 9.56. The molecule has 1 rings (SSSR count). The number of phenols is 1. The van der Waals surface area contributed by atoms with Gasteiger partial charge in [-0.2, -0.15) is 0 Å². The molecule has 0 fully saturated rings. The molecule has 0 bridgehead atoms. The molecular formula is C12H17NO3. The van der Waals surface area contributed by atoms with Crippen LogP contribution in [0, 0.1) is 0 Å². The summed E-state index contributed by atoms with van der Waals surface area (Å²) in [5, 5.41) is 12.0. The number of nitrogens with one attached hydrogen (secondary N) is 1. The first-order chi connectivity index (χ1) is 7.58. The summed E-state index contributed by atoms with van der Waals surface area (Å²) < 4.78 is 4.97. The number of esters is 1. The Morgan fingerprint density at radius 2 is 2.00 bits per heavy atom. The molecule has 2 N–H and O–H groups in total. The molecule has 0 amide bonds. The summed E-state index contributed by atoms with van der Waals surface area (Å²) in [5.41, 5.74) is 1.01. The molecule has 0 unspecified atom stereocenters. The van der Waals surface area contributed by atoms with Crippen LogP contribution in [0.25, 0.3) is 0 Å². The van der Waals surface area contributed by atoms with Crippen LogP contribution in [0.2, 0.25) is 0 Å². The van der Waals surface area contributed by atoms with Gasteiger partial charge in [-0.1, -0.05) is 12.1 Å². The zero-order valence-electron chi connectivity index (χ0n) is 9.56. The van der Waals surface area contributed by atoms with Gasteiger partial charge < -0.3 is 15.2 Å². The number of benzene rings is 1. The Hall–Kier alpha value is -1.55. The molecule has 0 aliphatic carbocycles. The molecule has 0 radical (unpaired) electrons. The van der Waals surface area contributed by atoms with Gasteiger partial charge in [-0.3, -0.25) is 4.79 Å². The molecule has 88 valence electrons. The molecule has 1 aromatic carbocycles. The third-order valence-corrected chi connectivity index (χ3v) is 1.90. The molecule has 0 aliphatic rings. The average molecular weight is 223 g/mol. The molecule has 0 heterocycles. The van der Waals surface area contributed by atoms with E-state index in [-0.39, 0.29) is 24.4 Å². The van der Waals surface area contributed by atoms with Gasteiger partial charge in [0, 0.05) is 6.54 Å². The quantitative estimate of drug-likeness (QED) is 0.741. The van der Waals surface area contributed by atoms with Crippen LogP contribution in [-0.2, 0) is 16.1 Å². The molecule has 0 aliphatic heterocycles. The van der Waals surface area contributed by atoms with Crippen molar-refractivity contribution < 1.29 is 14.6 Å². The first kappa shape index (κ1) is 12.5. The lowest BCUT2D eigenvalue weighted by Gasteiger charge is -2.08. The first-order valence-electron chi connectivity index (χ1n) is 5.26. The van der Waals surface area contributed by atoms with Crippen molar-refractivity contribution in [3.8, 4) is 5.75 Å². The summed E-state index contributed by atoms with van der Waals surface area (Å²) in [6.07, 6.45) is -0.0806. The number of carbonyl (C=O) groups excluding carboxylic acids is 1. The predicted octanol–water partition coefficient (Wildman–Crippen LogP) is 1.43. The second-order valence-corrected chi connectivity index (χ2v) is 3.81. The highest BCUT2D eigenvalue weighted by Crippen LogP contribution is 2.08. The van der Waals surface area contributed by atoms with Crippen molar-refractivity contribution in [2.24, 2.45) is 0 Å². The van der Waals surface area contributed by atoms with Gasteiger partial charge >= 0.3 is 5.97 Å². The van der Waals surface area contributed by atoms with Crippen molar-refractivity contribution in [3.05, 3.63) is 29.8 Å². The third-order valence-electron chi connectivity index (χ3n) is 1.90. The minimum atomic E-state index is -0.256. The normalized spacial score (nSPS) is 10.4. The molecule has 0 saturated heterocycles. The lowest BCUT2D eigenvalue weighted by atomic mass is 10.2. The van der Waals surface area contributed by atoms with Crippen LogP contribution in [-0.4, -0.2) is 23.7 Å². The van der Waals surface area contributed by atoms with Crippen molar-refractivity contribution in [1.29, 1.82) is 0 Å². The van der Waals surface area contributed by atoms with Crippen LogP contribution in [0.5, 0.6) is 5.75 Å². The Kier molecular flexibility index (Phi) is 4.79. The summed E-state index contributed by atoms with van der Waals surface area (Å²) in [5.74, 6) is -0.0169. The van der Waals surface area contributed by atoms with Gasteiger partial charge in [0.25, 0.3) is 0 Å². The van der Waals surface area contributed by atoms with Crippen molar-refractivity contribution in [3.63, 3.8) is 0 Å². The van der Waals surface area contributed by atoms with Gasteiger partial charge in [-0.25, -0.2) is 0 Å². The monoisotopic (exact) mass is 223 g/mol. The minimum absolute atomic E-state index is 0.0806. The summed E-state index contributed by atoms with van der Waals surface area (Å²) in [6, 6.07) is 6.83. The van der Waals surface area contributed by atoms with Crippen molar-refractivity contribution in [1.82, 2.24) is 5.32 Å². The van der Waals surface area contributed by atoms with Gasteiger partial charge in [0.2, 0.25) is 0 Å². The fourth-order valence-electron chi connectivity index (χ4n) is 1.23. The number of phenolic OH excluding ortho intramolecular Hbond substituents is 1. The number of rotatable bonds is 5. The van der Waals surface area contributed by atoms with E-state index < -0.39 is 0 Å². The van der Waals surface area contributed by atoms with E-state index >= 15 is 0 Å². The molecule has 4 heteroatoms. The van der Waals surface area contributed by atoms with Gasteiger partial charge in [-0.05, 0) is 31.5 Å². The maximum Gasteiger partial charge on any atom is 0.320 e. The fourth-order valence-corrected chi connectivity index (χ4v) is 1.23. The van der Waals surface area contributed by atoms with Crippen LogP contribution in [0.4, 0.5) is 0 Å². The molecule has 0 saturated carbocycles. The predicted molar refractivity (Wildman–Crippen MR) is 61.0 cm³/mol. The molecule has 0 atom stereocenters. The second kappa shape index (κ2) is 6.12. The Bertz CT molecular complexity index is 333. The number of ether oxygens (including phenoxy) is 1. The molecule has 0 spiro atoms. The Morgan fingerprint density at radius 3 is 2.56 bits per heavy atom. The minimum Gasteiger partial charge on any atom is -0.508 e. The zero-order chi connectivity index (χ0) is 12.0. The fraction of sp³-hybridized carbons (Fsp3) is 0.417. The number of hydrogen-bond donors (Lipinski definition) is 2. The van der Waals surface area contributed by atoms with Crippen LogP contribution in [0.1, 0.15) is 19.4 Å². The van der Waals surface area contributed by atoms with Gasteiger partial charge in [0.15, 0.2) is 0 Å². The third kappa shape index (κ3) is 4.79. The topological polar surface area (TPSA) is 58.6 Å². The van der Waals surface area contributed by atoms with Crippen LogP contribution in [0.3, 0.4) is 0 Å². The van der Waals surface area contributed by atoms with E-state index in [1.165, 1.54) is 0 Å². The smallest absolute Gasteiger partial charge is 0.320 e. The highest BCUT2D eigenvalue weighted by atomic mass is 16.5. The van der Waals surface area contributed by atoms with E-state index in [0.717, 1.165) is 5.56 Å². The summed E-state index contributed by atoms with van der Waals surface area (Å²) in [6.45, 7) is 4.41. The molecule has 16 heavy (non-hydrogen) atoms. The molecule has 0 aromatic heterocycles. The highest BCUT2D eigenvalue weighted by molar-refractivity contribution is 5.71. The van der Waals surface area contributed by atoms with Crippen molar-refractivity contribution in [2.45, 2.75) is 26.5 Å². The van der Waals surface area contributed by atoms with Crippen molar-refractivity contribution in [2.75, 3.05) is 6.54 Å². The Morgan fingerprint density at radius 1 is 1.38 bits per heavy atom. The van der Waals surface area contributed by atoms with Gasteiger partial charge in [-0.15, -0.1) is 0 Å². The summed E-state index contributed by atoms with van der Waals surface area (Å²) in [4.78, 5) is 11.2. The maximum absolute atomic E-state index is 11.2. The number of hydrogen-bond acceptors (Lipinski definition) is 4. The van der Waals surface area contributed by atoms with Gasteiger partial charge in [0.1, 0.15) is 5.75 Å². The first-order valence-corrected chi connectivity index (χ1v) is 5.26. The maximum atomic E-state index is 11.2. The largest absolute Gasteiger partial charge is 0.508 e. The Labute approximate surface area is 95.2 Å². The van der Waals surface area contributed by atoms with Crippen LogP contribution in [0.15, 0.2) is 24.3 Å². The highest BCUT2D eigenvalue weighted by Gasteiger charge is 2.04. The SMILES string of the molecule is CC(C)OC(=O)CNCc1ccc(O)cc1. The average Bonchev–Trinajstić information content (AvgIpc) is 2.20. The number of aromatic hydroxyl groups is 1. The summed E-state index contributed by atoms with van der Waals surface area (Å²) >= 11 is 0. The van der Waals surface area contributed by atoms with Crippen LogP contribution >= 0.6 is 0 Å². The summed E-state index contributed by atoms with van der Waals surface area (Å²) in [7, 11) is 0. The molecule has 1 aromatic rings.